The summed E-state index contributed by atoms with van der Waals surface area (Å²) in [5.74, 6) is 1.26. The summed E-state index contributed by atoms with van der Waals surface area (Å²) in [7, 11) is 0. The van der Waals surface area contributed by atoms with Crippen molar-refractivity contribution in [2.45, 2.75) is 26.7 Å². The molecule has 0 unspecified atom stereocenters. The molecule has 1 N–H and O–H groups in total. The summed E-state index contributed by atoms with van der Waals surface area (Å²) in [4.78, 5) is 26.7. The van der Waals surface area contributed by atoms with Crippen LogP contribution in [0.25, 0.3) is 11.1 Å². The van der Waals surface area contributed by atoms with E-state index in [0.717, 1.165) is 29.7 Å². The zero-order chi connectivity index (χ0) is 21.5. The number of benzene rings is 2. The van der Waals surface area contributed by atoms with Crippen molar-refractivity contribution in [3.05, 3.63) is 54.1 Å². The molecular weight excluding hydrogens is 380 g/mol. The van der Waals surface area contributed by atoms with Gasteiger partial charge in [-0.3, -0.25) is 4.79 Å². The molecule has 1 heterocycles. The molecule has 1 aliphatic rings. The van der Waals surface area contributed by atoms with E-state index in [2.05, 4.69) is 0 Å². The minimum atomic E-state index is -0.838. The standard InChI is InChI=1S/C24H30N2O4/c1-3-25(4-2)23(27)21-7-5-19(6-8-21)20-9-11-22(12-10-20)30-17-18-13-15-26(16-14-18)24(28)29/h5-12,18H,3-4,13-17H2,1-2H3,(H,28,29). The van der Waals surface area contributed by atoms with Gasteiger partial charge in [0.2, 0.25) is 0 Å². The van der Waals surface area contributed by atoms with Crippen LogP contribution in [-0.2, 0) is 0 Å². The van der Waals surface area contributed by atoms with E-state index >= 15 is 0 Å². The molecule has 1 aliphatic heterocycles. The Morgan fingerprint density at radius 2 is 1.50 bits per heavy atom. The quantitative estimate of drug-likeness (QED) is 0.724. The molecule has 30 heavy (non-hydrogen) atoms. The van der Waals surface area contributed by atoms with Crippen molar-refractivity contribution in [3.8, 4) is 16.9 Å². The van der Waals surface area contributed by atoms with Crippen LogP contribution in [0.3, 0.4) is 0 Å². The summed E-state index contributed by atoms with van der Waals surface area (Å²) >= 11 is 0. The van der Waals surface area contributed by atoms with Crippen LogP contribution in [-0.4, -0.2) is 59.7 Å². The first-order valence-electron chi connectivity index (χ1n) is 10.6. The fourth-order valence-corrected chi connectivity index (χ4v) is 3.75. The van der Waals surface area contributed by atoms with Gasteiger partial charge in [0, 0.05) is 31.7 Å². The molecule has 6 nitrogen and oxygen atoms in total. The van der Waals surface area contributed by atoms with Crippen molar-refractivity contribution in [3.63, 3.8) is 0 Å². The van der Waals surface area contributed by atoms with Gasteiger partial charge in [0.05, 0.1) is 6.61 Å². The Balaban J connectivity index is 1.54. The first-order chi connectivity index (χ1) is 14.5. The van der Waals surface area contributed by atoms with Crippen molar-refractivity contribution < 1.29 is 19.4 Å². The van der Waals surface area contributed by atoms with Gasteiger partial charge >= 0.3 is 6.09 Å². The van der Waals surface area contributed by atoms with E-state index in [0.29, 0.717) is 44.3 Å². The molecule has 0 saturated carbocycles. The summed E-state index contributed by atoms with van der Waals surface area (Å²) in [6.45, 7) is 7.14. The minimum absolute atomic E-state index is 0.0597. The lowest BCUT2D eigenvalue weighted by Crippen LogP contribution is -2.38. The number of ether oxygens (including phenoxy) is 1. The highest BCUT2D eigenvalue weighted by atomic mass is 16.5. The molecule has 0 aliphatic carbocycles. The number of rotatable bonds is 7. The van der Waals surface area contributed by atoms with Gasteiger partial charge in [-0.05, 0) is 68.0 Å². The van der Waals surface area contributed by atoms with E-state index < -0.39 is 6.09 Å². The fraction of sp³-hybridized carbons (Fsp3) is 0.417. The van der Waals surface area contributed by atoms with E-state index in [4.69, 9.17) is 9.84 Å². The Morgan fingerprint density at radius 3 is 2.00 bits per heavy atom. The topological polar surface area (TPSA) is 70.1 Å². The highest BCUT2D eigenvalue weighted by Gasteiger charge is 2.22. The molecule has 0 spiro atoms. The number of likely N-dealkylation sites (tertiary alicyclic amines) is 1. The predicted octanol–water partition coefficient (Wildman–Crippen LogP) is 4.60. The Morgan fingerprint density at radius 1 is 0.967 bits per heavy atom. The van der Waals surface area contributed by atoms with Gasteiger partial charge in [-0.2, -0.15) is 0 Å². The van der Waals surface area contributed by atoms with Gasteiger partial charge in [-0.15, -0.1) is 0 Å². The molecule has 0 atom stereocenters. The molecule has 160 valence electrons. The average Bonchev–Trinajstić information content (AvgIpc) is 2.79. The molecule has 2 amide bonds. The third-order valence-corrected chi connectivity index (χ3v) is 5.74. The maximum absolute atomic E-state index is 12.4. The lowest BCUT2D eigenvalue weighted by Gasteiger charge is -2.29. The minimum Gasteiger partial charge on any atom is -0.493 e. The molecule has 0 radical (unpaired) electrons. The zero-order valence-electron chi connectivity index (χ0n) is 17.7. The Bertz CT molecular complexity index is 837. The van der Waals surface area contributed by atoms with E-state index in [1.54, 1.807) is 0 Å². The number of carboxylic acid groups (broad SMARTS) is 1. The summed E-state index contributed by atoms with van der Waals surface area (Å²) in [6, 6.07) is 15.7. The fourth-order valence-electron chi connectivity index (χ4n) is 3.75. The molecular formula is C24H30N2O4. The molecule has 0 aromatic heterocycles. The Labute approximate surface area is 178 Å². The third-order valence-electron chi connectivity index (χ3n) is 5.74. The number of hydrogen-bond acceptors (Lipinski definition) is 3. The summed E-state index contributed by atoms with van der Waals surface area (Å²) in [5.41, 5.74) is 2.83. The second-order valence-electron chi connectivity index (χ2n) is 7.60. The molecule has 0 bridgehead atoms. The maximum atomic E-state index is 12.4. The lowest BCUT2D eigenvalue weighted by molar-refractivity contribution is 0.0773. The van der Waals surface area contributed by atoms with E-state index in [1.807, 2.05) is 67.3 Å². The summed E-state index contributed by atoms with van der Waals surface area (Å²) < 4.78 is 5.92. The third kappa shape index (κ3) is 5.32. The predicted molar refractivity (Wildman–Crippen MR) is 117 cm³/mol. The molecule has 2 aromatic carbocycles. The van der Waals surface area contributed by atoms with Crippen LogP contribution >= 0.6 is 0 Å². The number of amides is 2. The van der Waals surface area contributed by atoms with Gasteiger partial charge < -0.3 is 19.6 Å². The number of hydrogen-bond donors (Lipinski definition) is 1. The molecule has 3 rings (SSSR count). The average molecular weight is 411 g/mol. The first-order valence-corrected chi connectivity index (χ1v) is 10.6. The number of carbonyl (C=O) groups is 2. The summed E-state index contributed by atoms with van der Waals surface area (Å²) in [6.07, 6.45) is 0.835. The highest BCUT2D eigenvalue weighted by molar-refractivity contribution is 5.94. The largest absolute Gasteiger partial charge is 0.493 e. The zero-order valence-corrected chi connectivity index (χ0v) is 17.7. The smallest absolute Gasteiger partial charge is 0.407 e. The normalized spacial score (nSPS) is 14.4. The Hall–Kier alpha value is -3.02. The van der Waals surface area contributed by atoms with Gasteiger partial charge in [-0.25, -0.2) is 4.79 Å². The first kappa shape index (κ1) is 21.7. The molecule has 1 fully saturated rings. The second-order valence-corrected chi connectivity index (χ2v) is 7.60. The molecule has 1 saturated heterocycles. The van der Waals surface area contributed by atoms with Crippen LogP contribution in [0.4, 0.5) is 4.79 Å². The molecule has 2 aromatic rings. The van der Waals surface area contributed by atoms with E-state index in [-0.39, 0.29) is 5.91 Å². The Kier molecular flexibility index (Phi) is 7.33. The van der Waals surface area contributed by atoms with Crippen molar-refractivity contribution in [2.75, 3.05) is 32.8 Å². The highest BCUT2D eigenvalue weighted by Crippen LogP contribution is 2.24. The van der Waals surface area contributed by atoms with Crippen LogP contribution in [0.2, 0.25) is 0 Å². The maximum Gasteiger partial charge on any atom is 0.407 e. The van der Waals surface area contributed by atoms with Gasteiger partial charge in [0.15, 0.2) is 0 Å². The number of carbonyl (C=O) groups excluding carboxylic acids is 1. The van der Waals surface area contributed by atoms with Crippen LogP contribution in [0.15, 0.2) is 48.5 Å². The van der Waals surface area contributed by atoms with Crippen molar-refractivity contribution in [1.82, 2.24) is 9.80 Å². The number of piperidine rings is 1. The SMILES string of the molecule is CCN(CC)C(=O)c1ccc(-c2ccc(OCC3CCN(C(=O)O)CC3)cc2)cc1. The summed E-state index contributed by atoms with van der Waals surface area (Å²) in [5, 5.41) is 9.02. The van der Waals surface area contributed by atoms with Crippen LogP contribution in [0.5, 0.6) is 5.75 Å². The number of nitrogens with zero attached hydrogens (tertiary/aromatic N) is 2. The van der Waals surface area contributed by atoms with E-state index in [9.17, 15) is 9.59 Å². The lowest BCUT2D eigenvalue weighted by atomic mass is 9.98. The van der Waals surface area contributed by atoms with Crippen molar-refractivity contribution in [1.29, 1.82) is 0 Å². The van der Waals surface area contributed by atoms with Crippen LogP contribution in [0.1, 0.15) is 37.0 Å². The van der Waals surface area contributed by atoms with Crippen molar-refractivity contribution in [2.24, 2.45) is 5.92 Å². The van der Waals surface area contributed by atoms with Crippen molar-refractivity contribution >= 4 is 12.0 Å². The second kappa shape index (κ2) is 10.1. The van der Waals surface area contributed by atoms with Gasteiger partial charge in [0.1, 0.15) is 5.75 Å². The molecule has 6 heteroatoms. The van der Waals surface area contributed by atoms with Crippen LogP contribution in [0, 0.1) is 5.92 Å². The van der Waals surface area contributed by atoms with Crippen LogP contribution < -0.4 is 4.74 Å². The van der Waals surface area contributed by atoms with E-state index in [1.165, 1.54) is 4.90 Å². The van der Waals surface area contributed by atoms with Gasteiger partial charge in [-0.1, -0.05) is 24.3 Å². The monoisotopic (exact) mass is 410 g/mol. The van der Waals surface area contributed by atoms with Gasteiger partial charge in [0.25, 0.3) is 5.91 Å².